The number of nitrogens with one attached hydrogen (secondary N) is 5. The number of benzene rings is 5. The fourth-order valence-electron chi connectivity index (χ4n) is 9.09. The van der Waals surface area contributed by atoms with Crippen LogP contribution in [0.4, 0.5) is 28.4 Å². The smallest absolute Gasteiger partial charge is 1.00 e. The Kier molecular flexibility index (Phi) is 80.7. The van der Waals surface area contributed by atoms with E-state index in [4.69, 9.17) is 114 Å². The third-order valence-electron chi connectivity index (χ3n) is 13.6. The van der Waals surface area contributed by atoms with Gasteiger partial charge in [0.1, 0.15) is 70.1 Å². The van der Waals surface area contributed by atoms with Gasteiger partial charge in [-0.1, -0.05) is 56.0 Å². The summed E-state index contributed by atoms with van der Waals surface area (Å²) in [5.41, 5.74) is 3.13. The second kappa shape index (κ2) is 74.6. The summed E-state index contributed by atoms with van der Waals surface area (Å²) in [4.78, 5) is 79.4. The average Bonchev–Trinajstić information content (AvgIpc) is 0.859. The Hall–Kier alpha value is -4.39. The number of alkyl halides is 5. The molecule has 0 fully saturated rings. The third kappa shape index (κ3) is 87.6. The number of aromatic hydroxyl groups is 2. The Morgan fingerprint density at radius 2 is 0.662 bits per heavy atom. The molecular weight excluding hydrogens is 2020 g/mol. The number of aldehydes is 2. The molecule has 5 rings (SSSR count). The van der Waals surface area contributed by atoms with Crippen molar-refractivity contribution < 1.29 is 193 Å². The Bertz CT molecular complexity index is 4220. The zero-order valence-corrected chi connectivity index (χ0v) is 96.3. The van der Waals surface area contributed by atoms with Crippen LogP contribution in [0.25, 0.3) is 0 Å². The van der Waals surface area contributed by atoms with Crippen molar-refractivity contribution in [1.82, 2.24) is 26.6 Å². The normalized spacial score (nSPS) is 12.4. The maximum atomic E-state index is 13.3. The van der Waals surface area contributed by atoms with Crippen molar-refractivity contribution in [2.75, 3.05) is 96.5 Å². The zero-order chi connectivity index (χ0) is 100. The van der Waals surface area contributed by atoms with Crippen LogP contribution in [-0.4, -0.2) is 203 Å². The largest absolute Gasteiger partial charge is 1.00 e. The standard InChI is InChI=1S/C17H27FNO5P.C17H28NO6P.C17H26NO6P.C14H19NO4.C13H19NO3.C3H9BrSi.C3H8ClO2P.2CH2Cl2.B.2Na.H2O.H/c1-6-22-25(5,21)24-15-8-7-13(11-14(15)12-18)9-10-19-16(20)23-17(2,3)4;2*1-6-22-25(5,21)24-15-8-7-13(11-14(15)12-19)9-10-18-16(20)23-17(2,3)4;1-14(2,3)19-13(18)15-7-6-10-4-5-12(17)11(8-10)9-16;1-13(2,3)17-12(16)14-9-8-10-4-6-11(15)7-5-10;1-5(2,3)4;1-3-6-7(2,4)5;2*2-1-3;;;;;/h7-8,11H,6,9-10,12H2,1-5H3,(H,19,20);7-8,11,19H,6,9-10,12H2,1-5H3,(H,18,20);7-8,11-12H,6,9-10H2,1-5H3,(H,18,20);4-5,8-9,17H,6-7H2,1-3H3,(H,15,18);4-7,15H,8-9H2,1-3H3,(H,14,16);1-3H3;3H2,1-2H3;2*1H2;;;;1H2;/q;;;;;;;;;;2*+1;;-1/p-1. The molecule has 0 aromatic heterocycles. The molecule has 4 atom stereocenters. The Morgan fingerprint density at radius 1 is 0.429 bits per heavy atom. The zero-order valence-electron chi connectivity index (χ0n) is 83.3. The molecule has 0 heterocycles. The van der Waals surface area contributed by atoms with Crippen LogP contribution >= 0.6 is 102 Å². The van der Waals surface area contributed by atoms with Crippen molar-refractivity contribution in [2.45, 2.75) is 225 Å². The van der Waals surface area contributed by atoms with Crippen LogP contribution in [0, 0.1) is 0 Å². The molecule has 0 bridgehead atoms. The van der Waals surface area contributed by atoms with Gasteiger partial charge in [-0.3, -0.25) is 14.2 Å². The van der Waals surface area contributed by atoms with E-state index in [9.17, 15) is 66.4 Å². The fraction of sp³-hybridized carbons (Fsp3) is 0.570. The number of phenolic OH excluding ortho intramolecular Hbond substituents is 2. The minimum absolute atomic E-state index is 0. The summed E-state index contributed by atoms with van der Waals surface area (Å²) in [5.74, 6) is 0.933. The topological polar surface area (TPSA) is 449 Å². The molecule has 9 N–H and O–H groups in total. The molecule has 0 saturated carbocycles. The summed E-state index contributed by atoms with van der Waals surface area (Å²) >= 11 is 27.7. The number of aliphatic hydroxyl groups excluding tert-OH is 1. The summed E-state index contributed by atoms with van der Waals surface area (Å²) < 4.78 is 121. The molecule has 32 nitrogen and oxygen atoms in total. The van der Waals surface area contributed by atoms with Crippen LogP contribution in [0.2, 0.25) is 19.6 Å². The number of ether oxygens (including phenoxy) is 5. The van der Waals surface area contributed by atoms with E-state index in [0.29, 0.717) is 95.3 Å². The first kappa shape index (κ1) is 144. The van der Waals surface area contributed by atoms with Crippen molar-refractivity contribution in [3.63, 3.8) is 0 Å². The second-order valence-electron chi connectivity index (χ2n) is 33.0. The minimum Gasteiger partial charge on any atom is -1.00 e. The molecule has 5 aromatic carbocycles. The van der Waals surface area contributed by atoms with E-state index < -0.39 is 101 Å². The van der Waals surface area contributed by atoms with Crippen molar-refractivity contribution in [3.8, 4) is 28.7 Å². The number of phenols is 2. The van der Waals surface area contributed by atoms with Gasteiger partial charge >= 0.3 is 112 Å². The van der Waals surface area contributed by atoms with Crippen molar-refractivity contribution in [2.24, 2.45) is 0 Å². The third-order valence-corrected chi connectivity index (χ3v) is 18.4. The molecule has 0 saturated heterocycles. The number of alkyl carbamates (subject to hydrolysis) is 5. The first-order chi connectivity index (χ1) is 59.2. The molecule has 133 heavy (non-hydrogen) atoms. The summed E-state index contributed by atoms with van der Waals surface area (Å²) in [6, 6.07) is 26.7. The van der Waals surface area contributed by atoms with E-state index in [1.807, 2.05) is 32.9 Å². The van der Waals surface area contributed by atoms with Gasteiger partial charge in [0.25, 0.3) is 6.72 Å². The van der Waals surface area contributed by atoms with E-state index in [1.165, 1.54) is 32.7 Å². The van der Waals surface area contributed by atoms with Crippen LogP contribution in [0.15, 0.2) is 97.1 Å². The number of hydrogen-bond donors (Lipinski definition) is 8. The number of hydrogen-bond acceptors (Lipinski definition) is 27. The molecular formula is C86H142BBrCl5FN5Na2O27P4Si. The van der Waals surface area contributed by atoms with Crippen molar-refractivity contribution in [1.29, 1.82) is 0 Å². The number of carbonyl (C=O) groups is 7. The summed E-state index contributed by atoms with van der Waals surface area (Å²) in [6.45, 7) is 44.8. The van der Waals surface area contributed by atoms with Crippen LogP contribution in [-0.2, 0) is 105 Å². The molecule has 751 valence electrons. The SMILES string of the molecule is CC(C)(C)OC(=O)NCCc1ccc(O)c(C=O)c1.CC(C)(C)OC(=O)NCCc1ccc(O)cc1.CCOP(C)(=O)Cl.CCOP(C)(=O)Oc1ccc(CCNC(=O)OC(C)(C)C)cc1C=O.CCOP(C)(=O)Oc1ccc(CCNC(=O)OC(C)(C)C)cc1CF.CCOP(C)(=O)Oc1ccc(CCNC(=O)OC(C)(C)C)cc1CO.C[Si](C)(C)Br.ClCCl.ClCCl.[B].[H-].[Na+].[Na+].[OH-]. The van der Waals surface area contributed by atoms with Gasteiger partial charge in [0, 0.05) is 78.9 Å². The molecule has 4 unspecified atom stereocenters. The van der Waals surface area contributed by atoms with E-state index >= 15 is 0 Å². The molecule has 0 aliphatic carbocycles. The number of aliphatic hydroxyl groups is 1. The maximum Gasteiger partial charge on any atom is 1.00 e. The van der Waals surface area contributed by atoms with Gasteiger partial charge in [0.15, 0.2) is 12.6 Å². The molecule has 5 aromatic rings. The van der Waals surface area contributed by atoms with Gasteiger partial charge < -0.3 is 104 Å². The van der Waals surface area contributed by atoms with Crippen LogP contribution < -0.4 is 99.3 Å². The Morgan fingerprint density at radius 3 is 0.910 bits per heavy atom. The van der Waals surface area contributed by atoms with Gasteiger partial charge in [-0.25, -0.2) is 42.1 Å². The minimum atomic E-state index is -3.26. The molecule has 0 spiro atoms. The van der Waals surface area contributed by atoms with Crippen molar-refractivity contribution >= 4 is 161 Å². The monoisotopic (exact) mass is 2160 g/mol. The van der Waals surface area contributed by atoms with Gasteiger partial charge in [-0.05, 0) is 263 Å². The quantitative estimate of drug-likeness (QED) is 0.00483. The number of halogens is 7. The predicted octanol–water partition coefficient (Wildman–Crippen LogP) is 17.2. The molecule has 3 radical (unpaired) electrons. The number of rotatable bonds is 33. The molecule has 0 aliphatic rings. The van der Waals surface area contributed by atoms with E-state index in [1.54, 1.807) is 190 Å². The summed E-state index contributed by atoms with van der Waals surface area (Å²) in [6.07, 6.45) is 1.72. The number of carbonyl (C=O) groups excluding carboxylic acids is 7. The van der Waals surface area contributed by atoms with E-state index in [0.717, 1.165) is 27.8 Å². The predicted molar refractivity (Wildman–Crippen MR) is 529 cm³/mol. The van der Waals surface area contributed by atoms with Gasteiger partial charge in [0.05, 0.1) is 54.8 Å². The molecule has 0 aliphatic heterocycles. The average molecular weight is 2160 g/mol. The van der Waals surface area contributed by atoms with Gasteiger partial charge in [-0.15, -0.1) is 61.7 Å². The van der Waals surface area contributed by atoms with Gasteiger partial charge in [0.2, 0.25) is 0 Å². The summed E-state index contributed by atoms with van der Waals surface area (Å²) in [7, 11) is -9.73. The van der Waals surface area contributed by atoms with Gasteiger partial charge in [-0.2, -0.15) is 0 Å². The Labute approximate surface area is 869 Å². The first-order valence-corrected chi connectivity index (χ1v) is 57.6. The van der Waals surface area contributed by atoms with E-state index in [2.05, 4.69) is 66.0 Å². The van der Waals surface area contributed by atoms with Crippen LogP contribution in [0.3, 0.4) is 0 Å². The van der Waals surface area contributed by atoms with E-state index in [-0.39, 0.29) is 151 Å². The van der Waals surface area contributed by atoms with Crippen LogP contribution in [0.5, 0.6) is 28.7 Å². The Balaban J connectivity index is -0.000000198. The summed E-state index contributed by atoms with van der Waals surface area (Å²) in [5, 5.41) is 41.6. The number of amides is 5. The second-order valence-corrected chi connectivity index (χ2v) is 55.4. The maximum absolute atomic E-state index is 13.3. The van der Waals surface area contributed by atoms with Crippen LogP contribution in [0.1, 0.15) is 193 Å². The molecule has 5 amide bonds. The van der Waals surface area contributed by atoms with Crippen molar-refractivity contribution in [3.05, 3.63) is 147 Å². The fourth-order valence-corrected chi connectivity index (χ4v) is 13.0. The first-order valence-electron chi connectivity index (χ1n) is 40.7. The molecule has 47 heteroatoms.